The van der Waals surface area contributed by atoms with Crippen LogP contribution in [-0.2, 0) is 10.2 Å². The van der Waals surface area contributed by atoms with Crippen molar-refractivity contribution in [1.29, 1.82) is 0 Å². The molecule has 0 unspecified atom stereocenters. The smallest absolute Gasteiger partial charge is 0.326 e. The standard InChI is InChI=1S/C17H23NO3/c1-17(2,3)13-8-6-12(7-9-13)15(19)18-14(16(20)21)10-11-4-5-11/h6-9,11,14H,4-5,10H2,1-3H3,(H,18,19)(H,20,21)/t14-/m0/s1. The molecular weight excluding hydrogens is 266 g/mol. The first-order valence-corrected chi connectivity index (χ1v) is 7.41. The average Bonchev–Trinajstić information content (AvgIpc) is 3.21. The molecular formula is C17H23NO3. The Hall–Kier alpha value is -1.84. The number of carboxylic acids is 1. The molecule has 4 nitrogen and oxygen atoms in total. The molecule has 0 spiro atoms. The Bertz CT molecular complexity index is 524. The summed E-state index contributed by atoms with van der Waals surface area (Å²) in [5, 5.41) is 11.8. The van der Waals surface area contributed by atoms with Crippen LogP contribution in [0, 0.1) is 5.92 Å². The molecule has 21 heavy (non-hydrogen) atoms. The minimum Gasteiger partial charge on any atom is -0.480 e. The number of nitrogens with one attached hydrogen (secondary N) is 1. The first-order valence-electron chi connectivity index (χ1n) is 7.41. The van der Waals surface area contributed by atoms with E-state index in [2.05, 4.69) is 26.1 Å². The van der Waals surface area contributed by atoms with Gasteiger partial charge >= 0.3 is 5.97 Å². The van der Waals surface area contributed by atoms with Gasteiger partial charge in [-0.3, -0.25) is 4.79 Å². The van der Waals surface area contributed by atoms with E-state index >= 15 is 0 Å². The summed E-state index contributed by atoms with van der Waals surface area (Å²) < 4.78 is 0. The molecule has 1 aliphatic carbocycles. The summed E-state index contributed by atoms with van der Waals surface area (Å²) in [5.41, 5.74) is 1.68. The van der Waals surface area contributed by atoms with Crippen LogP contribution in [-0.4, -0.2) is 23.0 Å². The second-order valence-electron chi connectivity index (χ2n) is 6.87. The summed E-state index contributed by atoms with van der Waals surface area (Å²) in [4.78, 5) is 23.3. The van der Waals surface area contributed by atoms with Gasteiger partial charge in [-0.2, -0.15) is 0 Å². The number of hydrogen-bond donors (Lipinski definition) is 2. The molecule has 0 radical (unpaired) electrons. The molecule has 0 heterocycles. The normalized spacial score (nSPS) is 16.3. The van der Waals surface area contributed by atoms with E-state index in [-0.39, 0.29) is 11.3 Å². The summed E-state index contributed by atoms with van der Waals surface area (Å²) in [5.74, 6) is -0.820. The Morgan fingerprint density at radius 1 is 1.24 bits per heavy atom. The SMILES string of the molecule is CC(C)(C)c1ccc(C(=O)N[C@@H](CC2CC2)C(=O)O)cc1. The third kappa shape index (κ3) is 4.31. The Labute approximate surface area is 125 Å². The second kappa shape index (κ2) is 5.88. The number of rotatable bonds is 5. The summed E-state index contributed by atoms with van der Waals surface area (Å²) in [6.45, 7) is 6.33. The number of hydrogen-bond acceptors (Lipinski definition) is 2. The summed E-state index contributed by atoms with van der Waals surface area (Å²) in [6, 6.07) is 6.57. The molecule has 1 fully saturated rings. The molecule has 2 rings (SSSR count). The lowest BCUT2D eigenvalue weighted by Gasteiger charge is -2.19. The van der Waals surface area contributed by atoms with Gasteiger partial charge in [-0.05, 0) is 35.4 Å². The van der Waals surface area contributed by atoms with E-state index in [4.69, 9.17) is 0 Å². The third-order valence-electron chi connectivity index (χ3n) is 3.88. The lowest BCUT2D eigenvalue weighted by molar-refractivity contribution is -0.139. The molecule has 1 aromatic carbocycles. The van der Waals surface area contributed by atoms with E-state index in [1.54, 1.807) is 12.1 Å². The lowest BCUT2D eigenvalue weighted by atomic mass is 9.86. The fourth-order valence-electron chi connectivity index (χ4n) is 2.27. The molecule has 1 aliphatic rings. The lowest BCUT2D eigenvalue weighted by Crippen LogP contribution is -2.41. The van der Waals surface area contributed by atoms with Gasteiger partial charge in [0.1, 0.15) is 6.04 Å². The van der Waals surface area contributed by atoms with Crippen molar-refractivity contribution in [2.45, 2.75) is 51.5 Å². The quantitative estimate of drug-likeness (QED) is 0.875. The highest BCUT2D eigenvalue weighted by Crippen LogP contribution is 2.33. The highest BCUT2D eigenvalue weighted by molar-refractivity contribution is 5.96. The minimum atomic E-state index is -0.957. The Morgan fingerprint density at radius 3 is 2.24 bits per heavy atom. The van der Waals surface area contributed by atoms with Crippen molar-refractivity contribution in [3.8, 4) is 0 Å². The highest BCUT2D eigenvalue weighted by atomic mass is 16.4. The molecule has 0 bridgehead atoms. The fourth-order valence-corrected chi connectivity index (χ4v) is 2.27. The first-order chi connectivity index (χ1) is 9.77. The zero-order chi connectivity index (χ0) is 15.6. The molecule has 0 saturated heterocycles. The van der Waals surface area contributed by atoms with Gasteiger partial charge in [0.15, 0.2) is 0 Å². The monoisotopic (exact) mass is 289 g/mol. The van der Waals surface area contributed by atoms with Crippen LogP contribution in [0.15, 0.2) is 24.3 Å². The number of carbonyl (C=O) groups is 2. The van der Waals surface area contributed by atoms with Crippen molar-refractivity contribution in [2.24, 2.45) is 5.92 Å². The topological polar surface area (TPSA) is 66.4 Å². The van der Waals surface area contributed by atoms with Crippen molar-refractivity contribution >= 4 is 11.9 Å². The minimum absolute atomic E-state index is 0.0323. The van der Waals surface area contributed by atoms with Crippen LogP contribution in [0.3, 0.4) is 0 Å². The Kier molecular flexibility index (Phi) is 4.35. The van der Waals surface area contributed by atoms with E-state index in [1.165, 1.54) is 0 Å². The van der Waals surface area contributed by atoms with E-state index < -0.39 is 12.0 Å². The molecule has 1 saturated carbocycles. The van der Waals surface area contributed by atoms with Gasteiger partial charge in [0, 0.05) is 5.56 Å². The largest absolute Gasteiger partial charge is 0.480 e. The van der Waals surface area contributed by atoms with Gasteiger partial charge < -0.3 is 10.4 Å². The van der Waals surface area contributed by atoms with Crippen LogP contribution in [0.4, 0.5) is 0 Å². The average molecular weight is 289 g/mol. The molecule has 114 valence electrons. The molecule has 1 atom stereocenters. The van der Waals surface area contributed by atoms with Crippen LogP contribution in [0.2, 0.25) is 0 Å². The van der Waals surface area contributed by atoms with E-state index in [1.807, 2.05) is 12.1 Å². The van der Waals surface area contributed by atoms with Crippen LogP contribution in [0.25, 0.3) is 0 Å². The van der Waals surface area contributed by atoms with Gasteiger partial charge in [-0.25, -0.2) is 4.79 Å². The number of benzene rings is 1. The number of carboxylic acid groups (broad SMARTS) is 1. The molecule has 2 N–H and O–H groups in total. The van der Waals surface area contributed by atoms with Gasteiger partial charge in [0.05, 0.1) is 0 Å². The highest BCUT2D eigenvalue weighted by Gasteiger charge is 2.30. The van der Waals surface area contributed by atoms with E-state index in [0.717, 1.165) is 18.4 Å². The van der Waals surface area contributed by atoms with Crippen LogP contribution in [0.1, 0.15) is 56.0 Å². The first kappa shape index (κ1) is 15.5. The predicted octanol–water partition coefficient (Wildman–Crippen LogP) is 2.97. The molecule has 0 aromatic heterocycles. The number of aliphatic carboxylic acids is 1. The Morgan fingerprint density at radius 2 is 1.81 bits per heavy atom. The van der Waals surface area contributed by atoms with Crippen LogP contribution >= 0.6 is 0 Å². The molecule has 0 aliphatic heterocycles. The van der Waals surface area contributed by atoms with Gasteiger partial charge in [0.25, 0.3) is 5.91 Å². The van der Waals surface area contributed by atoms with Gasteiger partial charge in [-0.1, -0.05) is 45.7 Å². The second-order valence-corrected chi connectivity index (χ2v) is 6.87. The maximum atomic E-state index is 12.1. The molecule has 1 aromatic rings. The fraction of sp³-hybridized carbons (Fsp3) is 0.529. The zero-order valence-corrected chi connectivity index (χ0v) is 12.8. The number of amides is 1. The van der Waals surface area contributed by atoms with Gasteiger partial charge in [-0.15, -0.1) is 0 Å². The molecule has 4 heteroatoms. The van der Waals surface area contributed by atoms with Gasteiger partial charge in [0.2, 0.25) is 0 Å². The Balaban J connectivity index is 2.03. The summed E-state index contributed by atoms with van der Waals surface area (Å²) in [6.07, 6.45) is 2.67. The van der Waals surface area contributed by atoms with Crippen molar-refractivity contribution < 1.29 is 14.7 Å². The predicted molar refractivity (Wildman–Crippen MR) is 81.4 cm³/mol. The van der Waals surface area contributed by atoms with Crippen LogP contribution in [0.5, 0.6) is 0 Å². The maximum Gasteiger partial charge on any atom is 0.326 e. The third-order valence-corrected chi connectivity index (χ3v) is 3.88. The summed E-state index contributed by atoms with van der Waals surface area (Å²) >= 11 is 0. The van der Waals surface area contributed by atoms with Crippen molar-refractivity contribution in [2.75, 3.05) is 0 Å². The van der Waals surface area contributed by atoms with Crippen molar-refractivity contribution in [1.82, 2.24) is 5.32 Å². The number of carbonyl (C=O) groups excluding carboxylic acids is 1. The van der Waals surface area contributed by atoms with Crippen molar-refractivity contribution in [3.05, 3.63) is 35.4 Å². The maximum absolute atomic E-state index is 12.1. The van der Waals surface area contributed by atoms with E-state index in [0.29, 0.717) is 17.9 Å². The summed E-state index contributed by atoms with van der Waals surface area (Å²) in [7, 11) is 0. The van der Waals surface area contributed by atoms with Crippen LogP contribution < -0.4 is 5.32 Å². The van der Waals surface area contributed by atoms with Crippen molar-refractivity contribution in [3.63, 3.8) is 0 Å². The van der Waals surface area contributed by atoms with E-state index in [9.17, 15) is 14.7 Å². The molecule has 1 amide bonds. The zero-order valence-electron chi connectivity index (χ0n) is 12.8.